The molecule has 0 aromatic heterocycles. The van der Waals surface area contributed by atoms with E-state index >= 15 is 0 Å². The van der Waals surface area contributed by atoms with E-state index in [1.807, 2.05) is 31.2 Å². The maximum atomic E-state index is 14.5. The zero-order valence-corrected chi connectivity index (χ0v) is 15.1. The normalized spacial score (nSPS) is 17.9. The fourth-order valence-corrected chi connectivity index (χ4v) is 3.25. The van der Waals surface area contributed by atoms with Crippen molar-refractivity contribution in [1.82, 2.24) is 5.32 Å². The standard InChI is InChI=1S/C21H22FNO4/c1-13-4-6-14(7-5-13)15-8-9-17(18(22)11-15)20(24)23-19(21(25)26)16-3-2-10-27-12-16/h4-9,11,16,19H,2-3,10,12H2,1H3,(H,23,24)(H,25,26). The Bertz CT molecular complexity index is 829. The van der Waals surface area contributed by atoms with Gasteiger partial charge in [0.1, 0.15) is 11.9 Å². The van der Waals surface area contributed by atoms with E-state index in [4.69, 9.17) is 4.74 Å². The molecular weight excluding hydrogens is 349 g/mol. The summed E-state index contributed by atoms with van der Waals surface area (Å²) >= 11 is 0. The van der Waals surface area contributed by atoms with E-state index in [1.165, 1.54) is 12.1 Å². The Balaban J connectivity index is 1.77. The van der Waals surface area contributed by atoms with Crippen LogP contribution < -0.4 is 5.32 Å². The van der Waals surface area contributed by atoms with E-state index in [0.717, 1.165) is 17.5 Å². The molecule has 6 heteroatoms. The van der Waals surface area contributed by atoms with Gasteiger partial charge >= 0.3 is 5.97 Å². The van der Waals surface area contributed by atoms with Crippen molar-refractivity contribution >= 4 is 11.9 Å². The third-order valence-electron chi connectivity index (χ3n) is 4.82. The molecule has 1 amide bonds. The third kappa shape index (κ3) is 4.52. The van der Waals surface area contributed by atoms with E-state index in [-0.39, 0.29) is 18.1 Å². The molecule has 0 saturated carbocycles. The lowest BCUT2D eigenvalue weighted by molar-refractivity contribution is -0.142. The summed E-state index contributed by atoms with van der Waals surface area (Å²) in [6.45, 7) is 2.83. The van der Waals surface area contributed by atoms with E-state index in [0.29, 0.717) is 18.6 Å². The second kappa shape index (κ2) is 8.31. The second-order valence-electron chi connectivity index (χ2n) is 6.83. The van der Waals surface area contributed by atoms with Gasteiger partial charge in [0.25, 0.3) is 5.91 Å². The minimum absolute atomic E-state index is 0.172. The van der Waals surface area contributed by atoms with Crippen LogP contribution in [0.5, 0.6) is 0 Å². The number of carbonyl (C=O) groups is 2. The number of amides is 1. The highest BCUT2D eigenvalue weighted by Gasteiger charge is 2.32. The molecule has 0 aliphatic carbocycles. The van der Waals surface area contributed by atoms with Crippen molar-refractivity contribution in [3.05, 3.63) is 59.4 Å². The molecule has 1 fully saturated rings. The van der Waals surface area contributed by atoms with Crippen molar-refractivity contribution in [3.63, 3.8) is 0 Å². The quantitative estimate of drug-likeness (QED) is 0.845. The van der Waals surface area contributed by atoms with Crippen molar-refractivity contribution in [2.24, 2.45) is 5.92 Å². The first-order chi connectivity index (χ1) is 13.0. The van der Waals surface area contributed by atoms with Crippen LogP contribution in [0.3, 0.4) is 0 Å². The van der Waals surface area contributed by atoms with Gasteiger partial charge in [0, 0.05) is 12.5 Å². The van der Waals surface area contributed by atoms with Gasteiger partial charge in [-0.05, 0) is 43.0 Å². The van der Waals surface area contributed by atoms with Crippen LogP contribution in [0.1, 0.15) is 28.8 Å². The molecule has 3 rings (SSSR count). The van der Waals surface area contributed by atoms with Crippen molar-refractivity contribution in [2.45, 2.75) is 25.8 Å². The molecule has 0 spiro atoms. The van der Waals surface area contributed by atoms with Crippen LogP contribution >= 0.6 is 0 Å². The number of nitrogens with one attached hydrogen (secondary N) is 1. The van der Waals surface area contributed by atoms with Crippen LogP contribution in [0.25, 0.3) is 11.1 Å². The Morgan fingerprint density at radius 1 is 1.19 bits per heavy atom. The van der Waals surface area contributed by atoms with Gasteiger partial charge in [-0.2, -0.15) is 0 Å². The van der Waals surface area contributed by atoms with Crippen molar-refractivity contribution in [3.8, 4) is 11.1 Å². The van der Waals surface area contributed by atoms with Gasteiger partial charge in [-0.25, -0.2) is 9.18 Å². The molecule has 5 nitrogen and oxygen atoms in total. The number of carboxylic acids is 1. The fourth-order valence-electron chi connectivity index (χ4n) is 3.25. The van der Waals surface area contributed by atoms with Crippen LogP contribution in [0.2, 0.25) is 0 Å². The lowest BCUT2D eigenvalue weighted by atomic mass is 9.93. The van der Waals surface area contributed by atoms with E-state index in [9.17, 15) is 19.1 Å². The molecule has 2 unspecified atom stereocenters. The number of carboxylic acid groups (broad SMARTS) is 1. The molecule has 142 valence electrons. The third-order valence-corrected chi connectivity index (χ3v) is 4.82. The zero-order chi connectivity index (χ0) is 19.4. The van der Waals surface area contributed by atoms with Gasteiger partial charge in [0.05, 0.1) is 12.2 Å². The maximum Gasteiger partial charge on any atom is 0.326 e. The zero-order valence-electron chi connectivity index (χ0n) is 15.1. The minimum atomic E-state index is -1.14. The second-order valence-corrected chi connectivity index (χ2v) is 6.83. The lowest BCUT2D eigenvalue weighted by Crippen LogP contribution is -2.48. The summed E-state index contributed by atoms with van der Waals surface area (Å²) in [6, 6.07) is 10.8. The maximum absolute atomic E-state index is 14.5. The highest BCUT2D eigenvalue weighted by molar-refractivity contribution is 5.97. The highest BCUT2D eigenvalue weighted by atomic mass is 19.1. The van der Waals surface area contributed by atoms with E-state index in [2.05, 4.69) is 5.32 Å². The van der Waals surface area contributed by atoms with Gasteiger partial charge in [-0.15, -0.1) is 0 Å². The van der Waals surface area contributed by atoms with E-state index in [1.54, 1.807) is 6.07 Å². The summed E-state index contributed by atoms with van der Waals surface area (Å²) in [7, 11) is 0. The van der Waals surface area contributed by atoms with E-state index < -0.39 is 23.7 Å². The monoisotopic (exact) mass is 371 g/mol. The number of benzene rings is 2. The SMILES string of the molecule is Cc1ccc(-c2ccc(C(=O)NC(C(=O)O)C3CCCOC3)c(F)c2)cc1. The van der Waals surface area contributed by atoms with Crippen LogP contribution in [-0.4, -0.2) is 36.2 Å². The Labute approximate surface area is 157 Å². The smallest absolute Gasteiger partial charge is 0.326 e. The summed E-state index contributed by atoms with van der Waals surface area (Å²) < 4.78 is 19.8. The van der Waals surface area contributed by atoms with Gasteiger partial charge in [0.15, 0.2) is 0 Å². The van der Waals surface area contributed by atoms with Gasteiger partial charge in [0.2, 0.25) is 0 Å². The van der Waals surface area contributed by atoms with Gasteiger partial charge < -0.3 is 15.2 Å². The molecule has 2 atom stereocenters. The molecule has 0 radical (unpaired) electrons. The predicted octanol–water partition coefficient (Wildman–Crippen LogP) is 3.41. The Kier molecular flexibility index (Phi) is 5.86. The summed E-state index contributed by atoms with van der Waals surface area (Å²) in [6.07, 6.45) is 1.38. The predicted molar refractivity (Wildman–Crippen MR) is 99.0 cm³/mol. The Morgan fingerprint density at radius 3 is 2.48 bits per heavy atom. The summed E-state index contributed by atoms with van der Waals surface area (Å²) in [5.41, 5.74) is 2.42. The highest BCUT2D eigenvalue weighted by Crippen LogP contribution is 2.23. The molecule has 2 aromatic rings. The van der Waals surface area contributed by atoms with Gasteiger partial charge in [-0.3, -0.25) is 4.79 Å². The number of halogens is 1. The molecule has 27 heavy (non-hydrogen) atoms. The first-order valence-corrected chi connectivity index (χ1v) is 8.93. The first kappa shape index (κ1) is 19.0. The van der Waals surface area contributed by atoms with Crippen molar-refractivity contribution in [2.75, 3.05) is 13.2 Å². The van der Waals surface area contributed by atoms with Gasteiger partial charge in [-0.1, -0.05) is 35.9 Å². The Morgan fingerprint density at radius 2 is 1.89 bits per heavy atom. The number of aryl methyl sites for hydroxylation is 1. The number of carbonyl (C=O) groups excluding carboxylic acids is 1. The number of aliphatic carboxylic acids is 1. The molecule has 1 heterocycles. The lowest BCUT2D eigenvalue weighted by Gasteiger charge is -2.28. The molecule has 2 aromatic carbocycles. The topological polar surface area (TPSA) is 75.6 Å². The average molecular weight is 371 g/mol. The summed E-state index contributed by atoms with van der Waals surface area (Å²) in [5, 5.41) is 11.9. The number of hydrogen-bond acceptors (Lipinski definition) is 3. The molecule has 1 aliphatic heterocycles. The largest absolute Gasteiger partial charge is 0.480 e. The fraction of sp³-hybridized carbons (Fsp3) is 0.333. The Hall–Kier alpha value is -2.73. The van der Waals surface area contributed by atoms with Crippen LogP contribution in [0.15, 0.2) is 42.5 Å². The van der Waals surface area contributed by atoms with Crippen molar-refractivity contribution < 1.29 is 23.8 Å². The molecule has 1 aliphatic rings. The summed E-state index contributed by atoms with van der Waals surface area (Å²) in [5.74, 6) is -2.89. The number of ether oxygens (including phenoxy) is 1. The molecule has 0 bridgehead atoms. The molecule has 1 saturated heterocycles. The van der Waals surface area contributed by atoms with Crippen LogP contribution in [0, 0.1) is 18.7 Å². The van der Waals surface area contributed by atoms with Crippen LogP contribution in [-0.2, 0) is 9.53 Å². The molecule has 2 N–H and O–H groups in total. The van der Waals surface area contributed by atoms with Crippen molar-refractivity contribution in [1.29, 1.82) is 0 Å². The van der Waals surface area contributed by atoms with Crippen LogP contribution in [0.4, 0.5) is 4.39 Å². The first-order valence-electron chi connectivity index (χ1n) is 8.93. The minimum Gasteiger partial charge on any atom is -0.480 e. The number of rotatable bonds is 5. The summed E-state index contributed by atoms with van der Waals surface area (Å²) in [4.78, 5) is 24.0. The molecular formula is C21H22FNO4. The average Bonchev–Trinajstić information content (AvgIpc) is 2.67. The number of hydrogen-bond donors (Lipinski definition) is 2.